The second-order valence-electron chi connectivity index (χ2n) is 3.05. The summed E-state index contributed by atoms with van der Waals surface area (Å²) in [6.07, 6.45) is 0. The van der Waals surface area contributed by atoms with Crippen molar-refractivity contribution in [3.63, 3.8) is 0 Å². The van der Waals surface area contributed by atoms with Gasteiger partial charge < -0.3 is 15.8 Å². The van der Waals surface area contributed by atoms with Crippen LogP contribution in [0, 0.1) is 0 Å². The largest absolute Gasteiger partial charge is 0.492 e. The van der Waals surface area contributed by atoms with Crippen LogP contribution in [0.5, 0.6) is 5.75 Å². The topological polar surface area (TPSA) is 47.3 Å². The van der Waals surface area contributed by atoms with Gasteiger partial charge in [0.2, 0.25) is 0 Å². The Morgan fingerprint density at radius 3 is 2.57 bits per heavy atom. The molecular weight excluding hydrogens is 176 g/mol. The molecule has 0 radical (unpaired) electrons. The Labute approximate surface area is 85.3 Å². The lowest BCUT2D eigenvalue weighted by atomic mass is 10.2. The van der Waals surface area contributed by atoms with Crippen LogP contribution in [0.3, 0.4) is 0 Å². The molecule has 0 heterocycles. The van der Waals surface area contributed by atoms with Crippen LogP contribution in [0.2, 0.25) is 0 Å². The molecule has 0 fully saturated rings. The SMILES string of the molecule is CCNCCOc1ccc(CN)cc1. The van der Waals surface area contributed by atoms with E-state index in [1.165, 1.54) is 0 Å². The van der Waals surface area contributed by atoms with E-state index < -0.39 is 0 Å². The third-order valence-electron chi connectivity index (χ3n) is 1.96. The molecular formula is C11H18N2O. The molecule has 0 amide bonds. The summed E-state index contributed by atoms with van der Waals surface area (Å²) >= 11 is 0. The van der Waals surface area contributed by atoms with E-state index in [0.717, 1.165) is 24.4 Å². The molecule has 0 saturated carbocycles. The smallest absolute Gasteiger partial charge is 0.119 e. The third kappa shape index (κ3) is 3.77. The van der Waals surface area contributed by atoms with Gasteiger partial charge in [0.15, 0.2) is 0 Å². The van der Waals surface area contributed by atoms with Crippen LogP contribution in [-0.4, -0.2) is 19.7 Å². The first-order valence-electron chi connectivity index (χ1n) is 4.99. The quantitative estimate of drug-likeness (QED) is 0.667. The fraction of sp³-hybridized carbons (Fsp3) is 0.455. The number of hydrogen-bond donors (Lipinski definition) is 2. The maximum absolute atomic E-state index is 5.50. The van der Waals surface area contributed by atoms with Crippen LogP contribution in [0.1, 0.15) is 12.5 Å². The van der Waals surface area contributed by atoms with Crippen LogP contribution in [0.25, 0.3) is 0 Å². The van der Waals surface area contributed by atoms with E-state index in [-0.39, 0.29) is 0 Å². The summed E-state index contributed by atoms with van der Waals surface area (Å²) in [6, 6.07) is 7.88. The predicted octanol–water partition coefficient (Wildman–Crippen LogP) is 1.13. The Balaban J connectivity index is 2.29. The van der Waals surface area contributed by atoms with Crippen LogP contribution in [0.15, 0.2) is 24.3 Å². The lowest BCUT2D eigenvalue weighted by molar-refractivity contribution is 0.315. The highest BCUT2D eigenvalue weighted by atomic mass is 16.5. The molecule has 14 heavy (non-hydrogen) atoms. The molecule has 0 spiro atoms. The van der Waals surface area contributed by atoms with Gasteiger partial charge in [0.1, 0.15) is 12.4 Å². The van der Waals surface area contributed by atoms with E-state index in [9.17, 15) is 0 Å². The van der Waals surface area contributed by atoms with E-state index >= 15 is 0 Å². The Morgan fingerprint density at radius 2 is 2.00 bits per heavy atom. The zero-order valence-electron chi connectivity index (χ0n) is 8.62. The van der Waals surface area contributed by atoms with E-state index in [1.54, 1.807) is 0 Å². The first-order valence-corrected chi connectivity index (χ1v) is 4.99. The highest BCUT2D eigenvalue weighted by molar-refractivity contribution is 5.26. The fourth-order valence-corrected chi connectivity index (χ4v) is 1.14. The van der Waals surface area contributed by atoms with Gasteiger partial charge in [-0.1, -0.05) is 19.1 Å². The van der Waals surface area contributed by atoms with Gasteiger partial charge in [0, 0.05) is 13.1 Å². The summed E-state index contributed by atoms with van der Waals surface area (Å²) in [6.45, 7) is 5.23. The van der Waals surface area contributed by atoms with E-state index in [0.29, 0.717) is 13.2 Å². The molecule has 3 N–H and O–H groups in total. The van der Waals surface area contributed by atoms with E-state index in [2.05, 4.69) is 12.2 Å². The second-order valence-corrected chi connectivity index (χ2v) is 3.05. The molecule has 0 saturated heterocycles. The van der Waals surface area contributed by atoms with Gasteiger partial charge >= 0.3 is 0 Å². The van der Waals surface area contributed by atoms with Crippen LogP contribution < -0.4 is 15.8 Å². The lowest BCUT2D eigenvalue weighted by Crippen LogP contribution is -2.20. The van der Waals surface area contributed by atoms with E-state index in [4.69, 9.17) is 10.5 Å². The highest BCUT2D eigenvalue weighted by Gasteiger charge is 1.93. The summed E-state index contributed by atoms with van der Waals surface area (Å²) in [4.78, 5) is 0. The molecule has 0 aromatic heterocycles. The molecule has 0 bridgehead atoms. The Hall–Kier alpha value is -1.06. The Morgan fingerprint density at radius 1 is 1.29 bits per heavy atom. The molecule has 0 atom stereocenters. The van der Waals surface area contributed by atoms with Crippen molar-refractivity contribution in [3.05, 3.63) is 29.8 Å². The number of likely N-dealkylation sites (N-methyl/N-ethyl adjacent to an activating group) is 1. The Bertz CT molecular complexity index is 246. The molecule has 1 rings (SSSR count). The second kappa shape index (κ2) is 6.40. The van der Waals surface area contributed by atoms with Crippen molar-refractivity contribution < 1.29 is 4.74 Å². The summed E-state index contributed by atoms with van der Waals surface area (Å²) in [5.41, 5.74) is 6.62. The van der Waals surface area contributed by atoms with Gasteiger partial charge in [0.25, 0.3) is 0 Å². The minimum absolute atomic E-state index is 0.581. The van der Waals surface area contributed by atoms with Crippen molar-refractivity contribution >= 4 is 0 Å². The average Bonchev–Trinajstić information content (AvgIpc) is 2.25. The van der Waals surface area contributed by atoms with Crippen molar-refractivity contribution in [1.29, 1.82) is 0 Å². The number of nitrogens with one attached hydrogen (secondary N) is 1. The molecule has 78 valence electrons. The summed E-state index contributed by atoms with van der Waals surface area (Å²) in [5, 5.41) is 3.20. The maximum Gasteiger partial charge on any atom is 0.119 e. The van der Waals surface area contributed by atoms with Crippen LogP contribution in [0.4, 0.5) is 0 Å². The van der Waals surface area contributed by atoms with Gasteiger partial charge in [-0.25, -0.2) is 0 Å². The van der Waals surface area contributed by atoms with Crippen molar-refractivity contribution in [2.24, 2.45) is 5.73 Å². The fourth-order valence-electron chi connectivity index (χ4n) is 1.14. The molecule has 3 heteroatoms. The number of nitrogens with two attached hydrogens (primary N) is 1. The number of benzene rings is 1. The number of ether oxygens (including phenoxy) is 1. The standard InChI is InChI=1S/C11H18N2O/c1-2-13-7-8-14-11-5-3-10(9-12)4-6-11/h3-6,13H,2,7-9,12H2,1H3. The minimum Gasteiger partial charge on any atom is -0.492 e. The van der Waals surface area contributed by atoms with Crippen molar-refractivity contribution in [3.8, 4) is 5.75 Å². The average molecular weight is 194 g/mol. The van der Waals surface area contributed by atoms with Gasteiger partial charge in [-0.2, -0.15) is 0 Å². The normalized spacial score (nSPS) is 10.1. The monoisotopic (exact) mass is 194 g/mol. The summed E-state index contributed by atoms with van der Waals surface area (Å²) in [5.74, 6) is 0.903. The molecule has 0 unspecified atom stereocenters. The maximum atomic E-state index is 5.50. The van der Waals surface area contributed by atoms with Gasteiger partial charge in [-0.05, 0) is 24.2 Å². The summed E-state index contributed by atoms with van der Waals surface area (Å²) < 4.78 is 5.50. The van der Waals surface area contributed by atoms with Crippen LogP contribution in [-0.2, 0) is 6.54 Å². The molecule has 0 aliphatic carbocycles. The van der Waals surface area contributed by atoms with Crippen LogP contribution >= 0.6 is 0 Å². The lowest BCUT2D eigenvalue weighted by Gasteiger charge is -2.06. The molecule has 1 aromatic rings. The zero-order chi connectivity index (χ0) is 10.2. The van der Waals surface area contributed by atoms with Crippen molar-refractivity contribution in [1.82, 2.24) is 5.32 Å². The van der Waals surface area contributed by atoms with Gasteiger partial charge in [-0.15, -0.1) is 0 Å². The van der Waals surface area contributed by atoms with Crippen molar-refractivity contribution in [2.75, 3.05) is 19.7 Å². The first kappa shape index (κ1) is 11.0. The highest BCUT2D eigenvalue weighted by Crippen LogP contribution is 2.11. The summed E-state index contributed by atoms with van der Waals surface area (Å²) in [7, 11) is 0. The molecule has 1 aromatic carbocycles. The third-order valence-corrected chi connectivity index (χ3v) is 1.96. The minimum atomic E-state index is 0.581. The number of hydrogen-bond acceptors (Lipinski definition) is 3. The number of rotatable bonds is 6. The Kier molecular flexibility index (Phi) is 5.04. The van der Waals surface area contributed by atoms with Crippen molar-refractivity contribution in [2.45, 2.75) is 13.5 Å². The molecule has 3 nitrogen and oxygen atoms in total. The molecule has 0 aliphatic heterocycles. The first-order chi connectivity index (χ1) is 6.86. The predicted molar refractivity (Wildman–Crippen MR) is 58.4 cm³/mol. The van der Waals surface area contributed by atoms with Gasteiger partial charge in [-0.3, -0.25) is 0 Å². The molecule has 0 aliphatic rings. The van der Waals surface area contributed by atoms with Gasteiger partial charge in [0.05, 0.1) is 0 Å². The zero-order valence-corrected chi connectivity index (χ0v) is 8.62. The van der Waals surface area contributed by atoms with E-state index in [1.807, 2.05) is 24.3 Å².